The maximum atomic E-state index is 11.7. The fourth-order valence-corrected chi connectivity index (χ4v) is 1.97. The minimum Gasteiger partial charge on any atom is -0.484 e. The van der Waals surface area contributed by atoms with Gasteiger partial charge in [-0.1, -0.05) is 40.2 Å². The second-order valence-electron chi connectivity index (χ2n) is 4.51. The van der Waals surface area contributed by atoms with Crippen LogP contribution in [0.1, 0.15) is 11.1 Å². The van der Waals surface area contributed by atoms with Crippen molar-refractivity contribution >= 4 is 21.8 Å². The Morgan fingerprint density at radius 1 is 1.20 bits per heavy atom. The number of aryl methyl sites for hydroxylation is 1. The molecule has 0 saturated heterocycles. The van der Waals surface area contributed by atoms with Gasteiger partial charge in [0.25, 0.3) is 5.91 Å². The topological polar surface area (TPSA) is 38.3 Å². The highest BCUT2D eigenvalue weighted by Crippen LogP contribution is 2.12. The van der Waals surface area contributed by atoms with Crippen molar-refractivity contribution in [2.75, 3.05) is 6.61 Å². The van der Waals surface area contributed by atoms with Crippen LogP contribution in [0.4, 0.5) is 0 Å². The molecule has 0 unspecified atom stereocenters. The first-order valence-electron chi connectivity index (χ1n) is 6.34. The maximum Gasteiger partial charge on any atom is 0.258 e. The fourth-order valence-electron chi connectivity index (χ4n) is 1.71. The Hall–Kier alpha value is -1.81. The SMILES string of the molecule is Cc1cccc(OCC(=O)NCc2ccc(Br)cc2)c1. The second kappa shape index (κ2) is 7.10. The molecule has 1 amide bonds. The Bertz CT molecular complexity index is 581. The molecule has 0 bridgehead atoms. The average Bonchev–Trinajstić information content (AvgIpc) is 2.45. The molecule has 104 valence electrons. The molecule has 0 atom stereocenters. The monoisotopic (exact) mass is 333 g/mol. The molecule has 0 spiro atoms. The molecule has 0 radical (unpaired) electrons. The Morgan fingerprint density at radius 3 is 2.65 bits per heavy atom. The Balaban J connectivity index is 1.77. The highest BCUT2D eigenvalue weighted by molar-refractivity contribution is 9.10. The van der Waals surface area contributed by atoms with Gasteiger partial charge in [0.15, 0.2) is 6.61 Å². The predicted molar refractivity (Wildman–Crippen MR) is 82.7 cm³/mol. The van der Waals surface area contributed by atoms with Crippen molar-refractivity contribution in [2.24, 2.45) is 0 Å². The number of carbonyl (C=O) groups excluding carboxylic acids is 1. The third-order valence-electron chi connectivity index (χ3n) is 2.76. The minimum atomic E-state index is -0.130. The molecular formula is C16H16BrNO2. The summed E-state index contributed by atoms with van der Waals surface area (Å²) in [6.45, 7) is 2.52. The van der Waals surface area contributed by atoms with E-state index in [0.29, 0.717) is 12.3 Å². The maximum absolute atomic E-state index is 11.7. The molecule has 0 saturated carbocycles. The van der Waals surface area contributed by atoms with Crippen molar-refractivity contribution in [2.45, 2.75) is 13.5 Å². The molecule has 0 aliphatic rings. The first-order valence-corrected chi connectivity index (χ1v) is 7.13. The zero-order valence-corrected chi connectivity index (χ0v) is 12.8. The van der Waals surface area contributed by atoms with E-state index in [9.17, 15) is 4.79 Å². The van der Waals surface area contributed by atoms with Crippen LogP contribution in [0, 0.1) is 6.92 Å². The molecular weight excluding hydrogens is 318 g/mol. The van der Waals surface area contributed by atoms with E-state index in [1.165, 1.54) is 0 Å². The summed E-state index contributed by atoms with van der Waals surface area (Å²) < 4.78 is 6.46. The molecule has 0 fully saturated rings. The van der Waals surface area contributed by atoms with E-state index in [1.54, 1.807) is 0 Å². The summed E-state index contributed by atoms with van der Waals surface area (Å²) in [6.07, 6.45) is 0. The lowest BCUT2D eigenvalue weighted by atomic mass is 10.2. The van der Waals surface area contributed by atoms with Crippen LogP contribution >= 0.6 is 15.9 Å². The quantitative estimate of drug-likeness (QED) is 0.910. The highest BCUT2D eigenvalue weighted by atomic mass is 79.9. The van der Waals surface area contributed by atoms with Crippen LogP contribution in [-0.4, -0.2) is 12.5 Å². The lowest BCUT2D eigenvalue weighted by Crippen LogP contribution is -2.28. The molecule has 0 aromatic heterocycles. The van der Waals surface area contributed by atoms with Crippen LogP contribution in [-0.2, 0) is 11.3 Å². The van der Waals surface area contributed by atoms with Crippen LogP contribution in [0.5, 0.6) is 5.75 Å². The molecule has 2 aromatic carbocycles. The number of benzene rings is 2. The lowest BCUT2D eigenvalue weighted by molar-refractivity contribution is -0.123. The van der Waals surface area contributed by atoms with Crippen LogP contribution in [0.15, 0.2) is 53.0 Å². The summed E-state index contributed by atoms with van der Waals surface area (Å²) in [7, 11) is 0. The van der Waals surface area contributed by atoms with E-state index in [1.807, 2.05) is 55.5 Å². The van der Waals surface area contributed by atoms with E-state index >= 15 is 0 Å². The van der Waals surface area contributed by atoms with Crippen molar-refractivity contribution in [3.05, 3.63) is 64.1 Å². The number of amides is 1. The molecule has 0 aliphatic heterocycles. The van der Waals surface area contributed by atoms with Crippen LogP contribution in [0.3, 0.4) is 0 Å². The van der Waals surface area contributed by atoms with Gasteiger partial charge in [-0.3, -0.25) is 4.79 Å². The van der Waals surface area contributed by atoms with Crippen LogP contribution < -0.4 is 10.1 Å². The average molecular weight is 334 g/mol. The number of hydrogen-bond acceptors (Lipinski definition) is 2. The normalized spacial score (nSPS) is 10.1. The van der Waals surface area contributed by atoms with Gasteiger partial charge in [-0.15, -0.1) is 0 Å². The number of halogens is 1. The summed E-state index contributed by atoms with van der Waals surface area (Å²) in [5.74, 6) is 0.582. The summed E-state index contributed by atoms with van der Waals surface area (Å²) in [5, 5.41) is 2.82. The van der Waals surface area contributed by atoms with Gasteiger partial charge in [-0.05, 0) is 42.3 Å². The number of carbonyl (C=O) groups is 1. The third kappa shape index (κ3) is 4.70. The molecule has 0 aliphatic carbocycles. The van der Waals surface area contributed by atoms with E-state index < -0.39 is 0 Å². The smallest absolute Gasteiger partial charge is 0.258 e. The lowest BCUT2D eigenvalue weighted by Gasteiger charge is -2.08. The molecule has 4 heteroatoms. The van der Waals surface area contributed by atoms with Crippen molar-refractivity contribution in [3.8, 4) is 5.75 Å². The van der Waals surface area contributed by atoms with E-state index in [4.69, 9.17) is 4.74 Å². The number of nitrogens with one attached hydrogen (secondary N) is 1. The second-order valence-corrected chi connectivity index (χ2v) is 5.42. The van der Waals surface area contributed by atoms with Gasteiger partial charge in [0.2, 0.25) is 0 Å². The van der Waals surface area contributed by atoms with Gasteiger partial charge in [-0.25, -0.2) is 0 Å². The van der Waals surface area contributed by atoms with Gasteiger partial charge in [0.05, 0.1) is 0 Å². The number of rotatable bonds is 5. The van der Waals surface area contributed by atoms with Gasteiger partial charge in [0, 0.05) is 11.0 Å². The zero-order valence-electron chi connectivity index (χ0n) is 11.2. The molecule has 1 N–H and O–H groups in total. The summed E-state index contributed by atoms with van der Waals surface area (Å²) in [5.41, 5.74) is 2.16. The van der Waals surface area contributed by atoms with Crippen molar-refractivity contribution in [1.29, 1.82) is 0 Å². The van der Waals surface area contributed by atoms with Gasteiger partial charge >= 0.3 is 0 Å². The van der Waals surface area contributed by atoms with Gasteiger partial charge in [-0.2, -0.15) is 0 Å². The largest absolute Gasteiger partial charge is 0.484 e. The minimum absolute atomic E-state index is 0.0278. The van der Waals surface area contributed by atoms with Gasteiger partial charge in [0.1, 0.15) is 5.75 Å². The standard InChI is InChI=1S/C16H16BrNO2/c1-12-3-2-4-15(9-12)20-11-16(19)18-10-13-5-7-14(17)8-6-13/h2-9H,10-11H2,1H3,(H,18,19). The Morgan fingerprint density at radius 2 is 1.95 bits per heavy atom. The van der Waals surface area contributed by atoms with Crippen molar-refractivity contribution in [3.63, 3.8) is 0 Å². The fraction of sp³-hybridized carbons (Fsp3) is 0.188. The van der Waals surface area contributed by atoms with Crippen molar-refractivity contribution in [1.82, 2.24) is 5.32 Å². The van der Waals surface area contributed by atoms with E-state index in [-0.39, 0.29) is 12.5 Å². The van der Waals surface area contributed by atoms with E-state index in [2.05, 4.69) is 21.2 Å². The summed E-state index contributed by atoms with van der Waals surface area (Å²) in [6, 6.07) is 15.5. The third-order valence-corrected chi connectivity index (χ3v) is 3.29. The van der Waals surface area contributed by atoms with Crippen LogP contribution in [0.2, 0.25) is 0 Å². The summed E-state index contributed by atoms with van der Waals surface area (Å²) in [4.78, 5) is 11.7. The number of hydrogen-bond donors (Lipinski definition) is 1. The van der Waals surface area contributed by atoms with Gasteiger partial charge < -0.3 is 10.1 Å². The predicted octanol–water partition coefficient (Wildman–Crippen LogP) is 3.45. The Kier molecular flexibility index (Phi) is 5.18. The molecule has 20 heavy (non-hydrogen) atoms. The first-order chi connectivity index (χ1) is 9.63. The molecule has 3 nitrogen and oxygen atoms in total. The van der Waals surface area contributed by atoms with E-state index in [0.717, 1.165) is 15.6 Å². The molecule has 0 heterocycles. The zero-order chi connectivity index (χ0) is 14.4. The number of ether oxygens (including phenoxy) is 1. The molecule has 2 rings (SSSR count). The molecule has 2 aromatic rings. The summed E-state index contributed by atoms with van der Waals surface area (Å²) >= 11 is 3.37. The van der Waals surface area contributed by atoms with Crippen molar-refractivity contribution < 1.29 is 9.53 Å². The Labute approximate surface area is 127 Å². The highest BCUT2D eigenvalue weighted by Gasteiger charge is 2.03. The van der Waals surface area contributed by atoms with Crippen LogP contribution in [0.25, 0.3) is 0 Å². The first kappa shape index (κ1) is 14.6.